The second kappa shape index (κ2) is 4.56. The summed E-state index contributed by atoms with van der Waals surface area (Å²) in [6, 6.07) is 5.13. The van der Waals surface area contributed by atoms with Crippen molar-refractivity contribution in [3.8, 4) is 11.5 Å². The number of hydrogen-bond donors (Lipinski definition) is 0. The Morgan fingerprint density at radius 1 is 1.21 bits per heavy atom. The van der Waals surface area contributed by atoms with E-state index >= 15 is 0 Å². The van der Waals surface area contributed by atoms with E-state index in [4.69, 9.17) is 13.9 Å². The summed E-state index contributed by atoms with van der Waals surface area (Å²) in [7, 11) is -2.10. The smallest absolute Gasteiger partial charge is 0.324 e. The van der Waals surface area contributed by atoms with E-state index in [2.05, 4.69) is 33.9 Å². The maximum atomic E-state index is 12.2. The van der Waals surface area contributed by atoms with E-state index in [1.165, 1.54) is 0 Å². The summed E-state index contributed by atoms with van der Waals surface area (Å²) in [5.74, 6) is 0.985. The van der Waals surface area contributed by atoms with Crippen LogP contribution in [0.5, 0.6) is 11.5 Å². The lowest BCUT2D eigenvalue weighted by Crippen LogP contribution is -2.42. The van der Waals surface area contributed by atoms with Crippen molar-refractivity contribution in [3.63, 3.8) is 0 Å². The Labute approximate surface area is 114 Å². The fourth-order valence-electron chi connectivity index (χ4n) is 1.47. The van der Waals surface area contributed by atoms with Crippen molar-refractivity contribution in [3.05, 3.63) is 23.8 Å². The average molecular weight is 280 g/mol. The number of carbonyl (C=O) groups excluding carboxylic acids is 1. The van der Waals surface area contributed by atoms with Gasteiger partial charge in [-0.3, -0.25) is 0 Å². The molecule has 19 heavy (non-hydrogen) atoms. The van der Waals surface area contributed by atoms with Crippen molar-refractivity contribution in [2.75, 3.05) is 6.79 Å². The quantitative estimate of drug-likeness (QED) is 0.777. The molecule has 0 aromatic heterocycles. The van der Waals surface area contributed by atoms with Crippen LogP contribution in [-0.4, -0.2) is 21.1 Å². The van der Waals surface area contributed by atoms with Crippen LogP contribution in [0.4, 0.5) is 0 Å². The van der Waals surface area contributed by atoms with Gasteiger partial charge in [-0.25, -0.2) is 4.79 Å². The van der Waals surface area contributed by atoms with E-state index < -0.39 is 8.32 Å². The summed E-state index contributed by atoms with van der Waals surface area (Å²) in [5.41, 5.74) is 0.508. The van der Waals surface area contributed by atoms with Crippen molar-refractivity contribution in [2.24, 2.45) is 0 Å². The van der Waals surface area contributed by atoms with Crippen LogP contribution in [-0.2, 0) is 4.43 Å². The van der Waals surface area contributed by atoms with Gasteiger partial charge in [0.15, 0.2) is 11.5 Å². The molecule has 0 bridgehead atoms. The highest BCUT2D eigenvalue weighted by Crippen LogP contribution is 2.38. The van der Waals surface area contributed by atoms with Crippen LogP contribution in [0, 0.1) is 0 Å². The molecule has 5 heteroatoms. The van der Waals surface area contributed by atoms with Gasteiger partial charge in [0.25, 0.3) is 8.32 Å². The minimum absolute atomic E-state index is 0.000993. The van der Waals surface area contributed by atoms with Gasteiger partial charge in [0.1, 0.15) is 0 Å². The molecule has 0 unspecified atom stereocenters. The molecule has 104 valence electrons. The van der Waals surface area contributed by atoms with Crippen molar-refractivity contribution >= 4 is 14.3 Å². The third kappa shape index (κ3) is 2.76. The van der Waals surface area contributed by atoms with E-state index in [1.54, 1.807) is 18.2 Å². The van der Waals surface area contributed by atoms with Gasteiger partial charge in [-0.05, 0) is 36.3 Å². The predicted molar refractivity (Wildman–Crippen MR) is 75.2 cm³/mol. The van der Waals surface area contributed by atoms with Crippen molar-refractivity contribution in [1.29, 1.82) is 0 Å². The molecule has 2 rings (SSSR count). The average Bonchev–Trinajstić information content (AvgIpc) is 2.73. The molecule has 1 aromatic rings. The van der Waals surface area contributed by atoms with Gasteiger partial charge in [-0.2, -0.15) is 0 Å². The van der Waals surface area contributed by atoms with Gasteiger partial charge in [-0.15, -0.1) is 0 Å². The van der Waals surface area contributed by atoms with Gasteiger partial charge in [0.2, 0.25) is 6.79 Å². The molecule has 0 fully saturated rings. The van der Waals surface area contributed by atoms with Gasteiger partial charge < -0.3 is 13.9 Å². The summed E-state index contributed by atoms with van der Waals surface area (Å²) in [4.78, 5) is 12.2. The molecular formula is C14H20O4Si. The monoisotopic (exact) mass is 280 g/mol. The number of hydrogen-bond acceptors (Lipinski definition) is 4. The molecule has 1 aliphatic heterocycles. The molecule has 0 saturated carbocycles. The largest absolute Gasteiger partial charge is 0.516 e. The van der Waals surface area contributed by atoms with Crippen LogP contribution in [0.1, 0.15) is 31.1 Å². The number of carbonyl (C=O) groups is 1. The molecule has 1 aromatic carbocycles. The molecule has 0 atom stereocenters. The summed E-state index contributed by atoms with van der Waals surface area (Å²) in [5, 5.41) is -0.000993. The van der Waals surface area contributed by atoms with E-state index in [0.717, 1.165) is 0 Å². The highest BCUT2D eigenvalue weighted by molar-refractivity contribution is 6.75. The minimum atomic E-state index is -2.10. The van der Waals surface area contributed by atoms with Gasteiger partial charge in [-0.1, -0.05) is 20.8 Å². The Bertz CT molecular complexity index is 503. The van der Waals surface area contributed by atoms with Gasteiger partial charge in [0.05, 0.1) is 5.56 Å². The molecule has 0 spiro atoms. The zero-order valence-corrected chi connectivity index (χ0v) is 13.1. The molecule has 4 nitrogen and oxygen atoms in total. The first kappa shape index (κ1) is 13.9. The highest BCUT2D eigenvalue weighted by Gasteiger charge is 2.40. The van der Waals surface area contributed by atoms with E-state index in [-0.39, 0.29) is 17.8 Å². The van der Waals surface area contributed by atoms with Crippen LogP contribution in [0.25, 0.3) is 0 Å². The summed E-state index contributed by atoms with van der Waals surface area (Å²) in [6.07, 6.45) is 0. The van der Waals surface area contributed by atoms with E-state index in [0.29, 0.717) is 17.1 Å². The SMILES string of the molecule is CC(C)(C)[Si](C)(C)OC(=O)c1ccc2c(c1)OCO2. The maximum Gasteiger partial charge on any atom is 0.324 e. The number of fused-ring (bicyclic) bond motifs is 1. The maximum absolute atomic E-state index is 12.2. The zero-order chi connectivity index (χ0) is 14.3. The van der Waals surface area contributed by atoms with Gasteiger partial charge in [0, 0.05) is 0 Å². The third-order valence-electron chi connectivity index (χ3n) is 3.76. The minimum Gasteiger partial charge on any atom is -0.516 e. The van der Waals surface area contributed by atoms with Crippen molar-refractivity contribution < 1.29 is 18.7 Å². The number of benzene rings is 1. The topological polar surface area (TPSA) is 44.8 Å². The number of rotatable bonds is 2. The van der Waals surface area contributed by atoms with Crippen molar-refractivity contribution in [1.82, 2.24) is 0 Å². The lowest BCUT2D eigenvalue weighted by Gasteiger charge is -2.35. The summed E-state index contributed by atoms with van der Waals surface area (Å²) in [6.45, 7) is 10.6. The Hall–Kier alpha value is -1.49. The first-order valence-electron chi connectivity index (χ1n) is 6.34. The van der Waals surface area contributed by atoms with Crippen molar-refractivity contribution in [2.45, 2.75) is 38.9 Å². The zero-order valence-electron chi connectivity index (χ0n) is 12.1. The Morgan fingerprint density at radius 2 is 1.84 bits per heavy atom. The fraction of sp³-hybridized carbons (Fsp3) is 0.500. The third-order valence-corrected chi connectivity index (χ3v) is 8.07. The Balaban J connectivity index is 2.17. The number of ether oxygens (including phenoxy) is 2. The normalized spacial score (nSPS) is 14.4. The molecular weight excluding hydrogens is 260 g/mol. The Kier molecular flexibility index (Phi) is 3.34. The van der Waals surface area contributed by atoms with Crippen LogP contribution < -0.4 is 9.47 Å². The van der Waals surface area contributed by atoms with E-state index in [9.17, 15) is 4.79 Å². The predicted octanol–water partition coefficient (Wildman–Crippen LogP) is 3.58. The molecule has 0 N–H and O–H groups in total. The van der Waals surface area contributed by atoms with E-state index in [1.807, 2.05) is 0 Å². The summed E-state index contributed by atoms with van der Waals surface area (Å²) >= 11 is 0. The standard InChI is InChI=1S/C14H20O4Si/c1-14(2,3)19(4,5)18-13(15)10-6-7-11-12(8-10)17-9-16-11/h6-8H,9H2,1-5H3. The fourth-order valence-corrected chi connectivity index (χ4v) is 2.35. The Morgan fingerprint density at radius 3 is 2.47 bits per heavy atom. The molecule has 0 aliphatic carbocycles. The lowest BCUT2D eigenvalue weighted by atomic mass is 10.2. The second-order valence-corrected chi connectivity index (χ2v) is 10.9. The second-order valence-electron chi connectivity index (χ2n) is 6.22. The first-order chi connectivity index (χ1) is 8.71. The van der Waals surface area contributed by atoms with Crippen LogP contribution >= 0.6 is 0 Å². The van der Waals surface area contributed by atoms with Crippen LogP contribution in [0.2, 0.25) is 18.1 Å². The first-order valence-corrected chi connectivity index (χ1v) is 9.24. The van der Waals surface area contributed by atoms with Crippen LogP contribution in [0.15, 0.2) is 18.2 Å². The molecule has 0 radical (unpaired) electrons. The summed E-state index contributed by atoms with van der Waals surface area (Å²) < 4.78 is 16.2. The molecule has 1 aliphatic rings. The molecule has 1 heterocycles. The molecule has 0 saturated heterocycles. The molecule has 0 amide bonds. The van der Waals surface area contributed by atoms with Gasteiger partial charge >= 0.3 is 5.97 Å². The lowest BCUT2D eigenvalue weighted by molar-refractivity contribution is 0.0712. The van der Waals surface area contributed by atoms with Crippen LogP contribution in [0.3, 0.4) is 0 Å². The highest BCUT2D eigenvalue weighted by atomic mass is 28.4.